The van der Waals surface area contributed by atoms with Crippen LogP contribution in [-0.2, 0) is 5.41 Å². The molecule has 1 aliphatic carbocycles. The van der Waals surface area contributed by atoms with Crippen LogP contribution in [0.4, 0.5) is 4.39 Å². The van der Waals surface area contributed by atoms with Gasteiger partial charge in [0.25, 0.3) is 0 Å². The van der Waals surface area contributed by atoms with Gasteiger partial charge in [-0.2, -0.15) is 0 Å². The summed E-state index contributed by atoms with van der Waals surface area (Å²) in [7, 11) is 0. The number of hydrogen-bond acceptors (Lipinski definition) is 2. The molecular weight excluding hydrogens is 327 g/mol. The van der Waals surface area contributed by atoms with Gasteiger partial charge in [-0.1, -0.05) is 30.4 Å². The molecule has 1 aromatic rings. The van der Waals surface area contributed by atoms with E-state index in [1.165, 1.54) is 6.42 Å². The number of guanidine groups is 1. The predicted molar refractivity (Wildman–Crippen MR) is 104 cm³/mol. The predicted octanol–water partition coefficient (Wildman–Crippen LogP) is 2.77. The zero-order valence-electron chi connectivity index (χ0n) is 15.6. The van der Waals surface area contributed by atoms with E-state index in [1.807, 2.05) is 12.1 Å². The minimum atomic E-state index is -0.0932. The summed E-state index contributed by atoms with van der Waals surface area (Å²) in [4.78, 5) is 9.85. The van der Waals surface area contributed by atoms with E-state index in [2.05, 4.69) is 34.2 Å². The highest BCUT2D eigenvalue weighted by Gasteiger charge is 2.46. The Bertz CT molecular complexity index is 687. The van der Waals surface area contributed by atoms with E-state index >= 15 is 0 Å². The van der Waals surface area contributed by atoms with E-state index in [1.54, 1.807) is 12.1 Å². The minimum Gasteiger partial charge on any atom is -0.357 e. The first-order valence-electron chi connectivity index (χ1n) is 9.89. The summed E-state index contributed by atoms with van der Waals surface area (Å²) in [5.74, 6) is 0.901. The maximum atomic E-state index is 14.2. The standard InChI is InChI=1S/C21H29FN4/c1-2-23-20(26-14-9-17(15-26)25-12-5-6-13-25)24-16-21(10-11-21)18-7-3-4-8-19(18)22/h3-8,17H,2,9-16H2,1H3,(H,23,24). The highest BCUT2D eigenvalue weighted by molar-refractivity contribution is 5.80. The molecule has 140 valence electrons. The molecule has 4 rings (SSSR count). The molecule has 2 fully saturated rings. The molecule has 1 saturated heterocycles. The molecule has 1 unspecified atom stereocenters. The Morgan fingerprint density at radius 1 is 1.27 bits per heavy atom. The monoisotopic (exact) mass is 356 g/mol. The summed E-state index contributed by atoms with van der Waals surface area (Å²) in [6.45, 7) is 7.85. The van der Waals surface area contributed by atoms with Crippen molar-refractivity contribution in [2.24, 2.45) is 4.99 Å². The van der Waals surface area contributed by atoms with Gasteiger partial charge in [-0.3, -0.25) is 9.89 Å². The number of nitrogens with one attached hydrogen (secondary N) is 1. The minimum absolute atomic E-state index is 0.0898. The van der Waals surface area contributed by atoms with Crippen molar-refractivity contribution in [3.63, 3.8) is 0 Å². The second kappa shape index (κ2) is 7.39. The average molecular weight is 356 g/mol. The zero-order valence-corrected chi connectivity index (χ0v) is 15.6. The van der Waals surface area contributed by atoms with Crippen LogP contribution in [0.15, 0.2) is 41.4 Å². The van der Waals surface area contributed by atoms with Crippen LogP contribution in [0.3, 0.4) is 0 Å². The molecule has 1 atom stereocenters. The first kappa shape index (κ1) is 17.5. The maximum absolute atomic E-state index is 14.2. The van der Waals surface area contributed by atoms with Crippen molar-refractivity contribution in [1.82, 2.24) is 15.1 Å². The first-order chi connectivity index (χ1) is 12.7. The zero-order chi connectivity index (χ0) is 18.0. The molecule has 0 bridgehead atoms. The molecule has 1 aromatic carbocycles. The van der Waals surface area contributed by atoms with Crippen molar-refractivity contribution in [2.45, 2.75) is 37.6 Å². The lowest BCUT2D eigenvalue weighted by Crippen LogP contribution is -2.43. The van der Waals surface area contributed by atoms with Crippen LogP contribution in [0.5, 0.6) is 0 Å². The fourth-order valence-corrected chi connectivity index (χ4v) is 4.23. The first-order valence-corrected chi connectivity index (χ1v) is 9.89. The number of halogens is 1. The molecule has 1 N–H and O–H groups in total. The third-order valence-corrected chi connectivity index (χ3v) is 5.99. The Balaban J connectivity index is 1.44. The molecule has 0 aromatic heterocycles. The van der Waals surface area contributed by atoms with Crippen molar-refractivity contribution in [2.75, 3.05) is 39.3 Å². The molecule has 2 aliphatic heterocycles. The van der Waals surface area contributed by atoms with Gasteiger partial charge >= 0.3 is 0 Å². The summed E-state index contributed by atoms with van der Waals surface area (Å²) in [6, 6.07) is 7.80. The molecular formula is C21H29FN4. The number of hydrogen-bond donors (Lipinski definition) is 1. The van der Waals surface area contributed by atoms with Crippen molar-refractivity contribution in [1.29, 1.82) is 0 Å². The summed E-state index contributed by atoms with van der Waals surface area (Å²) in [5.41, 5.74) is 0.742. The lowest BCUT2D eigenvalue weighted by Gasteiger charge is -2.26. The molecule has 4 nitrogen and oxygen atoms in total. The third kappa shape index (κ3) is 3.50. The topological polar surface area (TPSA) is 30.9 Å². The van der Waals surface area contributed by atoms with Gasteiger partial charge < -0.3 is 10.2 Å². The van der Waals surface area contributed by atoms with Gasteiger partial charge in [0.15, 0.2) is 5.96 Å². The van der Waals surface area contributed by atoms with E-state index in [9.17, 15) is 4.39 Å². The number of benzene rings is 1. The van der Waals surface area contributed by atoms with Gasteiger partial charge in [0.05, 0.1) is 6.54 Å². The maximum Gasteiger partial charge on any atom is 0.193 e. The SMILES string of the molecule is CCNC(=NCC1(c2ccccc2F)CC1)N1CCC(N2CC=CC2)C1. The van der Waals surface area contributed by atoms with Crippen LogP contribution in [0.2, 0.25) is 0 Å². The second-order valence-electron chi connectivity index (χ2n) is 7.74. The summed E-state index contributed by atoms with van der Waals surface area (Å²) in [5, 5.41) is 3.45. The lowest BCUT2D eigenvalue weighted by atomic mass is 9.95. The van der Waals surface area contributed by atoms with E-state index in [-0.39, 0.29) is 11.2 Å². The van der Waals surface area contributed by atoms with Gasteiger partial charge in [0.2, 0.25) is 0 Å². The van der Waals surface area contributed by atoms with Gasteiger partial charge in [-0.05, 0) is 37.8 Å². The van der Waals surface area contributed by atoms with Crippen LogP contribution in [0.25, 0.3) is 0 Å². The van der Waals surface area contributed by atoms with Crippen molar-refractivity contribution in [3.8, 4) is 0 Å². The number of nitrogens with zero attached hydrogens (tertiary/aromatic N) is 3. The molecule has 0 amide bonds. The van der Waals surface area contributed by atoms with Gasteiger partial charge in [0, 0.05) is 44.2 Å². The Hall–Kier alpha value is -1.88. The summed E-state index contributed by atoms with van der Waals surface area (Å²) >= 11 is 0. The Morgan fingerprint density at radius 3 is 2.73 bits per heavy atom. The largest absolute Gasteiger partial charge is 0.357 e. The van der Waals surface area contributed by atoms with Crippen LogP contribution >= 0.6 is 0 Å². The molecule has 0 spiro atoms. The van der Waals surface area contributed by atoms with Gasteiger partial charge in [-0.25, -0.2) is 4.39 Å². The lowest BCUT2D eigenvalue weighted by molar-refractivity contribution is 0.259. The summed E-state index contributed by atoms with van der Waals surface area (Å²) < 4.78 is 14.2. The second-order valence-corrected chi connectivity index (χ2v) is 7.74. The van der Waals surface area contributed by atoms with E-state index in [0.717, 1.165) is 57.1 Å². The van der Waals surface area contributed by atoms with Crippen molar-refractivity contribution in [3.05, 3.63) is 47.8 Å². The van der Waals surface area contributed by atoms with Gasteiger partial charge in [-0.15, -0.1) is 0 Å². The number of likely N-dealkylation sites (tertiary alicyclic amines) is 1. The highest BCUT2D eigenvalue weighted by Crippen LogP contribution is 2.49. The Morgan fingerprint density at radius 2 is 2.04 bits per heavy atom. The quantitative estimate of drug-likeness (QED) is 0.500. The average Bonchev–Trinajstić information content (AvgIpc) is 3.05. The smallest absolute Gasteiger partial charge is 0.193 e. The van der Waals surface area contributed by atoms with Crippen LogP contribution in [0.1, 0.15) is 31.7 Å². The van der Waals surface area contributed by atoms with Crippen molar-refractivity contribution >= 4 is 5.96 Å². The molecule has 0 radical (unpaired) electrons. The Kier molecular flexibility index (Phi) is 4.98. The van der Waals surface area contributed by atoms with Crippen LogP contribution in [-0.4, -0.2) is 61.1 Å². The van der Waals surface area contributed by atoms with Crippen molar-refractivity contribution < 1.29 is 4.39 Å². The van der Waals surface area contributed by atoms with Crippen LogP contribution in [0, 0.1) is 5.82 Å². The van der Waals surface area contributed by atoms with E-state index in [4.69, 9.17) is 4.99 Å². The summed E-state index contributed by atoms with van der Waals surface area (Å²) in [6.07, 6.45) is 7.75. The number of rotatable bonds is 5. The Labute approximate surface area is 155 Å². The molecule has 26 heavy (non-hydrogen) atoms. The molecule has 5 heteroatoms. The molecule has 2 heterocycles. The van der Waals surface area contributed by atoms with Gasteiger partial charge in [0.1, 0.15) is 5.82 Å². The normalized spacial score (nSPS) is 25.1. The fourth-order valence-electron chi connectivity index (χ4n) is 4.23. The van der Waals surface area contributed by atoms with E-state index in [0.29, 0.717) is 12.6 Å². The third-order valence-electron chi connectivity index (χ3n) is 5.99. The molecule has 1 saturated carbocycles. The fraction of sp³-hybridized carbons (Fsp3) is 0.571. The van der Waals surface area contributed by atoms with Crippen LogP contribution < -0.4 is 5.32 Å². The molecule has 3 aliphatic rings. The van der Waals surface area contributed by atoms with E-state index < -0.39 is 0 Å². The number of aliphatic imine (C=N–C) groups is 1. The highest BCUT2D eigenvalue weighted by atomic mass is 19.1.